The first-order valence-electron chi connectivity index (χ1n) is 7.51. The van der Waals surface area contributed by atoms with E-state index in [1.807, 2.05) is 33.0 Å². The highest BCUT2D eigenvalue weighted by molar-refractivity contribution is 7.13. The lowest BCUT2D eigenvalue weighted by molar-refractivity contribution is 0.470. The van der Waals surface area contributed by atoms with Gasteiger partial charge in [-0.15, -0.1) is 22.7 Å². The maximum absolute atomic E-state index is 4.69. The molecule has 0 aliphatic carbocycles. The number of guanidine groups is 1. The number of aliphatic imine (C=N–C) groups is 1. The van der Waals surface area contributed by atoms with Crippen molar-refractivity contribution < 1.29 is 0 Å². The second-order valence-electron chi connectivity index (χ2n) is 5.40. The molecule has 2 heterocycles. The fraction of sp³-hybridized carbons (Fsp3) is 0.533. The molecule has 2 rings (SSSR count). The van der Waals surface area contributed by atoms with E-state index < -0.39 is 0 Å². The molecule has 0 fully saturated rings. The van der Waals surface area contributed by atoms with Crippen LogP contribution in [0.1, 0.15) is 23.3 Å². The maximum Gasteiger partial charge on any atom is 0.194 e. The molecule has 0 atom stereocenters. The largest absolute Gasteiger partial charge is 0.357 e. The van der Waals surface area contributed by atoms with Crippen LogP contribution in [0.15, 0.2) is 15.8 Å². The lowest BCUT2D eigenvalue weighted by atomic mass is 10.4. The number of hydrogen-bond donors (Lipinski definition) is 1. The highest BCUT2D eigenvalue weighted by Gasteiger charge is 2.09. The predicted octanol–water partition coefficient (Wildman–Crippen LogP) is 2.57. The van der Waals surface area contributed by atoms with Crippen LogP contribution in [-0.2, 0) is 13.1 Å². The summed E-state index contributed by atoms with van der Waals surface area (Å²) in [4.78, 5) is 17.9. The summed E-state index contributed by atoms with van der Waals surface area (Å²) in [6.45, 7) is 6.25. The molecule has 0 radical (unpaired) electrons. The third kappa shape index (κ3) is 5.18. The van der Waals surface area contributed by atoms with Gasteiger partial charge >= 0.3 is 0 Å². The minimum absolute atomic E-state index is 0.576. The minimum atomic E-state index is 0.576. The molecule has 0 aromatic carbocycles. The monoisotopic (exact) mass is 352 g/mol. The zero-order valence-electron chi connectivity index (χ0n) is 14.3. The third-order valence-corrected chi connectivity index (χ3v) is 4.95. The second-order valence-corrected chi connectivity index (χ2v) is 7.30. The molecular formula is C15H24N6S2. The van der Waals surface area contributed by atoms with Crippen molar-refractivity contribution in [2.45, 2.75) is 26.9 Å². The quantitative estimate of drug-likeness (QED) is 0.640. The van der Waals surface area contributed by atoms with Crippen molar-refractivity contribution in [1.29, 1.82) is 0 Å². The Morgan fingerprint density at radius 3 is 2.48 bits per heavy atom. The van der Waals surface area contributed by atoms with Crippen LogP contribution >= 0.6 is 22.7 Å². The van der Waals surface area contributed by atoms with Gasteiger partial charge in [0.2, 0.25) is 0 Å². The summed E-state index contributed by atoms with van der Waals surface area (Å²) in [5.74, 6) is 0.873. The van der Waals surface area contributed by atoms with Crippen LogP contribution < -0.4 is 10.2 Å². The molecule has 0 bridgehead atoms. The van der Waals surface area contributed by atoms with Gasteiger partial charge in [-0.1, -0.05) is 0 Å². The summed E-state index contributed by atoms with van der Waals surface area (Å²) in [6.07, 6.45) is 0. The number of nitrogens with one attached hydrogen (secondary N) is 1. The van der Waals surface area contributed by atoms with Crippen LogP contribution in [0.4, 0.5) is 5.13 Å². The van der Waals surface area contributed by atoms with E-state index in [1.165, 1.54) is 0 Å². The van der Waals surface area contributed by atoms with Crippen molar-refractivity contribution in [2.24, 2.45) is 4.99 Å². The Balaban J connectivity index is 2.03. The number of aryl methyl sites for hydroxylation is 1. The predicted molar refractivity (Wildman–Crippen MR) is 99.6 cm³/mol. The molecule has 8 heteroatoms. The smallest absolute Gasteiger partial charge is 0.194 e. The number of hydrogen-bond acceptors (Lipinski definition) is 6. The molecule has 0 saturated carbocycles. The number of nitrogens with zero attached hydrogens (tertiary/aromatic N) is 5. The fourth-order valence-corrected chi connectivity index (χ4v) is 3.35. The number of thiazole rings is 2. The van der Waals surface area contributed by atoms with Gasteiger partial charge in [-0.25, -0.2) is 15.0 Å². The SMILES string of the molecule is CCNC(=NCc1csc(N(C)C)n1)N(C)Cc1csc(C)n1. The molecule has 126 valence electrons. The minimum Gasteiger partial charge on any atom is -0.357 e. The van der Waals surface area contributed by atoms with Crippen molar-refractivity contribution in [3.63, 3.8) is 0 Å². The maximum atomic E-state index is 4.69. The van der Waals surface area contributed by atoms with Gasteiger partial charge < -0.3 is 15.1 Å². The Hall–Kier alpha value is -1.67. The number of aromatic nitrogens is 2. The molecule has 0 saturated heterocycles. The van der Waals surface area contributed by atoms with Gasteiger partial charge in [0, 0.05) is 38.4 Å². The van der Waals surface area contributed by atoms with Crippen molar-refractivity contribution in [1.82, 2.24) is 20.2 Å². The Morgan fingerprint density at radius 1 is 1.17 bits per heavy atom. The Labute approximate surface area is 145 Å². The van der Waals surface area contributed by atoms with Crippen molar-refractivity contribution in [3.8, 4) is 0 Å². The van der Waals surface area contributed by atoms with E-state index in [4.69, 9.17) is 4.99 Å². The van der Waals surface area contributed by atoms with E-state index in [0.717, 1.165) is 40.6 Å². The number of anilines is 1. The lowest BCUT2D eigenvalue weighted by Crippen LogP contribution is -2.38. The normalized spacial score (nSPS) is 11.6. The van der Waals surface area contributed by atoms with E-state index in [-0.39, 0.29) is 0 Å². The first kappa shape index (κ1) is 17.7. The average Bonchev–Trinajstić information content (AvgIpc) is 3.12. The highest BCUT2D eigenvalue weighted by atomic mass is 32.1. The molecule has 0 amide bonds. The van der Waals surface area contributed by atoms with Crippen LogP contribution in [0.2, 0.25) is 0 Å². The summed E-state index contributed by atoms with van der Waals surface area (Å²) < 4.78 is 0. The first-order valence-corrected chi connectivity index (χ1v) is 9.27. The van der Waals surface area contributed by atoms with Crippen LogP contribution in [-0.4, -0.2) is 48.5 Å². The molecule has 6 nitrogen and oxygen atoms in total. The lowest BCUT2D eigenvalue weighted by Gasteiger charge is -2.21. The van der Waals surface area contributed by atoms with Gasteiger partial charge in [0.05, 0.1) is 29.5 Å². The summed E-state index contributed by atoms with van der Waals surface area (Å²) in [5.41, 5.74) is 2.07. The summed E-state index contributed by atoms with van der Waals surface area (Å²) >= 11 is 3.32. The molecular weight excluding hydrogens is 328 g/mol. The van der Waals surface area contributed by atoms with E-state index in [9.17, 15) is 0 Å². The molecule has 2 aromatic rings. The van der Waals surface area contributed by atoms with E-state index in [2.05, 4.69) is 37.9 Å². The van der Waals surface area contributed by atoms with E-state index in [1.54, 1.807) is 22.7 Å². The van der Waals surface area contributed by atoms with Crippen LogP contribution in [0, 0.1) is 6.92 Å². The van der Waals surface area contributed by atoms with Crippen molar-refractivity contribution in [2.75, 3.05) is 32.6 Å². The van der Waals surface area contributed by atoms with E-state index >= 15 is 0 Å². The van der Waals surface area contributed by atoms with Gasteiger partial charge in [0.15, 0.2) is 11.1 Å². The summed E-state index contributed by atoms with van der Waals surface area (Å²) in [6, 6.07) is 0. The zero-order valence-corrected chi connectivity index (χ0v) is 16.0. The molecule has 0 spiro atoms. The first-order chi connectivity index (χ1) is 11.0. The van der Waals surface area contributed by atoms with Crippen molar-refractivity contribution in [3.05, 3.63) is 27.2 Å². The molecule has 0 aliphatic heterocycles. The van der Waals surface area contributed by atoms with Gasteiger partial charge in [0.25, 0.3) is 0 Å². The molecule has 0 aliphatic rings. The van der Waals surface area contributed by atoms with Gasteiger partial charge in [-0.2, -0.15) is 0 Å². The summed E-state index contributed by atoms with van der Waals surface area (Å²) in [5, 5.41) is 9.58. The average molecular weight is 353 g/mol. The van der Waals surface area contributed by atoms with E-state index in [0.29, 0.717) is 6.54 Å². The number of rotatable bonds is 6. The molecule has 23 heavy (non-hydrogen) atoms. The zero-order chi connectivity index (χ0) is 16.8. The van der Waals surface area contributed by atoms with Crippen LogP contribution in [0.25, 0.3) is 0 Å². The second kappa shape index (κ2) is 8.26. The fourth-order valence-electron chi connectivity index (χ4n) is 2.00. The standard InChI is InChI=1S/C15H24N6S2/c1-6-16-14(21(5)8-13-10-22-11(2)18-13)17-7-12-9-23-15(19-12)20(3)4/h9-10H,6-8H2,1-5H3,(H,16,17). The molecule has 1 N–H and O–H groups in total. The van der Waals surface area contributed by atoms with Crippen LogP contribution in [0.5, 0.6) is 0 Å². The molecule has 2 aromatic heterocycles. The van der Waals surface area contributed by atoms with Gasteiger partial charge in [-0.3, -0.25) is 0 Å². The molecule has 0 unspecified atom stereocenters. The Bertz CT molecular complexity index is 646. The third-order valence-electron chi connectivity index (χ3n) is 3.08. The summed E-state index contributed by atoms with van der Waals surface area (Å²) in [7, 11) is 6.03. The van der Waals surface area contributed by atoms with Crippen LogP contribution in [0.3, 0.4) is 0 Å². The van der Waals surface area contributed by atoms with Crippen molar-refractivity contribution >= 4 is 33.8 Å². The van der Waals surface area contributed by atoms with Gasteiger partial charge in [0.1, 0.15) is 0 Å². The Kier molecular flexibility index (Phi) is 6.35. The Morgan fingerprint density at radius 2 is 1.91 bits per heavy atom. The van der Waals surface area contributed by atoms with Gasteiger partial charge in [-0.05, 0) is 13.8 Å². The topological polar surface area (TPSA) is 56.7 Å². The highest BCUT2D eigenvalue weighted by Crippen LogP contribution is 2.18.